The summed E-state index contributed by atoms with van der Waals surface area (Å²) in [6.45, 7) is 1.90. The van der Waals surface area contributed by atoms with Crippen LogP contribution in [0.25, 0.3) is 0 Å². The molecule has 0 heterocycles. The predicted octanol–water partition coefficient (Wildman–Crippen LogP) is 2.80. The molecule has 118 valence electrons. The molecule has 0 saturated heterocycles. The number of hydrogen-bond donors (Lipinski definition) is 1. The first kappa shape index (κ1) is 14.0. The number of nitrogens with one attached hydrogen (secondary N) is 1. The van der Waals surface area contributed by atoms with E-state index in [0.717, 1.165) is 30.8 Å². The third kappa shape index (κ3) is 2.99. The number of hydrogen-bond acceptors (Lipinski definition) is 2. The van der Waals surface area contributed by atoms with E-state index < -0.39 is 0 Å². The Morgan fingerprint density at radius 3 is 2.19 bits per heavy atom. The van der Waals surface area contributed by atoms with Crippen LogP contribution in [0.4, 0.5) is 0 Å². The van der Waals surface area contributed by atoms with Crippen molar-refractivity contribution in [2.75, 3.05) is 20.1 Å². The van der Waals surface area contributed by atoms with Crippen LogP contribution in [0.3, 0.4) is 0 Å². The van der Waals surface area contributed by atoms with Gasteiger partial charge in [-0.25, -0.2) is 0 Å². The molecule has 5 fully saturated rings. The zero-order valence-corrected chi connectivity index (χ0v) is 13.4. The van der Waals surface area contributed by atoms with E-state index in [-0.39, 0.29) is 0 Å². The summed E-state index contributed by atoms with van der Waals surface area (Å²) in [6.07, 6.45) is 11.9. The van der Waals surface area contributed by atoms with Gasteiger partial charge in [-0.15, -0.1) is 0 Å². The Kier molecular flexibility index (Phi) is 3.52. The van der Waals surface area contributed by atoms with Crippen molar-refractivity contribution in [1.82, 2.24) is 10.2 Å². The van der Waals surface area contributed by atoms with Crippen LogP contribution >= 0.6 is 0 Å². The first-order valence-electron chi connectivity index (χ1n) is 9.09. The Morgan fingerprint density at radius 2 is 1.67 bits per heavy atom. The Hall–Kier alpha value is -0.570. The Bertz CT molecular complexity index is 380. The molecule has 0 aromatic heterocycles. The second-order valence-electron chi connectivity index (χ2n) is 8.65. The molecule has 0 atom stereocenters. The number of carbonyl (C=O) groups excluding carboxylic acids is 1. The van der Waals surface area contributed by atoms with Crippen molar-refractivity contribution < 1.29 is 4.79 Å². The van der Waals surface area contributed by atoms with Gasteiger partial charge in [-0.05, 0) is 74.5 Å². The normalized spacial score (nSPS) is 40.5. The van der Waals surface area contributed by atoms with Crippen LogP contribution in [-0.2, 0) is 4.79 Å². The lowest BCUT2D eigenvalue weighted by Gasteiger charge is -2.57. The average molecular weight is 290 g/mol. The molecule has 1 N–H and O–H groups in total. The zero-order chi connectivity index (χ0) is 14.4. The summed E-state index contributed by atoms with van der Waals surface area (Å²) in [4.78, 5) is 14.4. The number of rotatable bonds is 6. The highest BCUT2D eigenvalue weighted by Crippen LogP contribution is 2.60. The largest absolute Gasteiger partial charge is 0.345 e. The molecule has 5 rings (SSSR count). The van der Waals surface area contributed by atoms with E-state index in [2.05, 4.69) is 10.2 Å². The van der Waals surface area contributed by atoms with Gasteiger partial charge in [-0.3, -0.25) is 4.79 Å². The van der Waals surface area contributed by atoms with Gasteiger partial charge in [0, 0.05) is 32.6 Å². The van der Waals surface area contributed by atoms with Crippen LogP contribution in [0, 0.1) is 23.2 Å². The molecule has 3 nitrogen and oxygen atoms in total. The summed E-state index contributed by atoms with van der Waals surface area (Å²) in [5, 5.41) is 3.45. The molecule has 0 unspecified atom stereocenters. The second-order valence-corrected chi connectivity index (χ2v) is 8.65. The van der Waals surface area contributed by atoms with Crippen LogP contribution in [0.15, 0.2) is 0 Å². The van der Waals surface area contributed by atoms with Gasteiger partial charge in [-0.2, -0.15) is 0 Å². The third-order valence-electron chi connectivity index (χ3n) is 6.51. The summed E-state index contributed by atoms with van der Waals surface area (Å²) in [5.74, 6) is 3.29. The molecule has 1 amide bonds. The summed E-state index contributed by atoms with van der Waals surface area (Å²) >= 11 is 0. The zero-order valence-electron chi connectivity index (χ0n) is 13.4. The van der Waals surface area contributed by atoms with Crippen molar-refractivity contribution in [3.63, 3.8) is 0 Å². The number of nitrogens with zero attached hydrogens (tertiary/aromatic N) is 1. The van der Waals surface area contributed by atoms with Crippen LogP contribution in [0.5, 0.6) is 0 Å². The average Bonchev–Trinajstić information content (AvgIpc) is 3.20. The fourth-order valence-electron chi connectivity index (χ4n) is 5.94. The third-order valence-corrected chi connectivity index (χ3v) is 6.51. The topological polar surface area (TPSA) is 32.3 Å². The van der Waals surface area contributed by atoms with E-state index in [1.54, 1.807) is 0 Å². The first-order valence-corrected chi connectivity index (χ1v) is 9.09. The van der Waals surface area contributed by atoms with E-state index >= 15 is 0 Å². The second kappa shape index (κ2) is 5.26. The molecule has 5 aliphatic rings. The standard InChI is InChI=1S/C18H30N2O/c1-20(17(21)4-5-19-16-2-3-16)12-18-9-13-6-14(10-18)8-15(7-13)11-18/h13-16,19H,2-12H2,1H3. The fourth-order valence-corrected chi connectivity index (χ4v) is 5.94. The molecular formula is C18H30N2O. The van der Waals surface area contributed by atoms with Crippen molar-refractivity contribution in [3.05, 3.63) is 0 Å². The monoisotopic (exact) mass is 290 g/mol. The summed E-state index contributed by atoms with van der Waals surface area (Å²) in [5.41, 5.74) is 0.489. The molecule has 0 aromatic carbocycles. The Morgan fingerprint density at radius 1 is 1.10 bits per heavy atom. The maximum absolute atomic E-state index is 12.4. The van der Waals surface area contributed by atoms with Crippen molar-refractivity contribution in [1.29, 1.82) is 0 Å². The van der Waals surface area contributed by atoms with Gasteiger partial charge in [0.25, 0.3) is 0 Å². The molecule has 0 aliphatic heterocycles. The molecule has 4 bridgehead atoms. The molecular weight excluding hydrogens is 260 g/mol. The molecule has 5 saturated carbocycles. The van der Waals surface area contributed by atoms with E-state index in [1.807, 2.05) is 7.05 Å². The lowest BCUT2D eigenvalue weighted by Crippen LogP contribution is -2.51. The molecule has 3 heteroatoms. The first-order chi connectivity index (χ1) is 10.1. The minimum absolute atomic E-state index is 0.346. The SMILES string of the molecule is CN(CC12CC3CC(CC(C3)C1)C2)C(=O)CCNC1CC1. The van der Waals surface area contributed by atoms with Gasteiger partial charge in [0.2, 0.25) is 5.91 Å². The fraction of sp³-hybridized carbons (Fsp3) is 0.944. The minimum atomic E-state index is 0.346. The lowest BCUT2D eigenvalue weighted by molar-refractivity contribution is -0.135. The Labute approximate surface area is 128 Å². The molecule has 0 radical (unpaired) electrons. The van der Waals surface area contributed by atoms with Crippen LogP contribution < -0.4 is 5.32 Å². The van der Waals surface area contributed by atoms with Crippen LogP contribution in [0.2, 0.25) is 0 Å². The summed E-state index contributed by atoms with van der Waals surface area (Å²) in [6, 6.07) is 0.714. The predicted molar refractivity (Wildman–Crippen MR) is 83.9 cm³/mol. The summed E-state index contributed by atoms with van der Waals surface area (Å²) in [7, 11) is 2.04. The molecule has 5 aliphatic carbocycles. The smallest absolute Gasteiger partial charge is 0.223 e. The quantitative estimate of drug-likeness (QED) is 0.816. The van der Waals surface area contributed by atoms with Gasteiger partial charge < -0.3 is 10.2 Å². The Balaban J connectivity index is 1.30. The molecule has 0 aromatic rings. The van der Waals surface area contributed by atoms with Gasteiger partial charge >= 0.3 is 0 Å². The van der Waals surface area contributed by atoms with Crippen molar-refractivity contribution in [3.8, 4) is 0 Å². The van der Waals surface area contributed by atoms with E-state index in [0.29, 0.717) is 23.8 Å². The maximum atomic E-state index is 12.4. The van der Waals surface area contributed by atoms with E-state index in [1.165, 1.54) is 51.4 Å². The van der Waals surface area contributed by atoms with Gasteiger partial charge in [0.1, 0.15) is 0 Å². The molecule has 21 heavy (non-hydrogen) atoms. The van der Waals surface area contributed by atoms with Crippen molar-refractivity contribution >= 4 is 5.91 Å². The van der Waals surface area contributed by atoms with Gasteiger partial charge in [-0.1, -0.05) is 0 Å². The van der Waals surface area contributed by atoms with Crippen LogP contribution in [-0.4, -0.2) is 37.0 Å². The maximum Gasteiger partial charge on any atom is 0.223 e. The van der Waals surface area contributed by atoms with Crippen molar-refractivity contribution in [2.24, 2.45) is 23.2 Å². The molecule has 0 spiro atoms. The summed E-state index contributed by atoms with van der Waals surface area (Å²) < 4.78 is 0. The highest BCUT2D eigenvalue weighted by atomic mass is 16.2. The van der Waals surface area contributed by atoms with Crippen LogP contribution in [0.1, 0.15) is 57.8 Å². The number of carbonyl (C=O) groups is 1. The number of amides is 1. The van der Waals surface area contributed by atoms with E-state index in [4.69, 9.17) is 0 Å². The van der Waals surface area contributed by atoms with Crippen molar-refractivity contribution in [2.45, 2.75) is 63.8 Å². The van der Waals surface area contributed by atoms with Gasteiger partial charge in [0.05, 0.1) is 0 Å². The lowest BCUT2D eigenvalue weighted by atomic mass is 9.49. The minimum Gasteiger partial charge on any atom is -0.345 e. The highest BCUT2D eigenvalue weighted by Gasteiger charge is 2.51. The van der Waals surface area contributed by atoms with E-state index in [9.17, 15) is 4.79 Å². The van der Waals surface area contributed by atoms with Gasteiger partial charge in [0.15, 0.2) is 0 Å². The highest BCUT2D eigenvalue weighted by molar-refractivity contribution is 5.76.